The molecule has 4 heteroatoms. The highest BCUT2D eigenvalue weighted by Gasteiger charge is 2.22. The first-order valence-electron chi connectivity index (χ1n) is 9.89. The van der Waals surface area contributed by atoms with Crippen molar-refractivity contribution in [3.63, 3.8) is 0 Å². The predicted molar refractivity (Wildman–Crippen MR) is 113 cm³/mol. The molecule has 0 bridgehead atoms. The number of piperidine rings is 1. The SMILES string of the molecule is N#Cc1ccc2c(c1)C=CC(NC1CCN(C/C=C/c3ccccc3)CC1)O2. The second-order valence-electron chi connectivity index (χ2n) is 7.32. The molecule has 0 aromatic heterocycles. The maximum absolute atomic E-state index is 9.01. The van der Waals surface area contributed by atoms with Gasteiger partial charge in [0, 0.05) is 18.2 Å². The third kappa shape index (κ3) is 4.69. The normalized spacial score (nSPS) is 19.9. The molecule has 0 aliphatic carbocycles. The van der Waals surface area contributed by atoms with E-state index in [-0.39, 0.29) is 6.23 Å². The van der Waals surface area contributed by atoms with Crippen LogP contribution < -0.4 is 10.1 Å². The van der Waals surface area contributed by atoms with E-state index in [1.54, 1.807) is 6.07 Å². The first kappa shape index (κ1) is 18.5. The molecule has 4 rings (SSSR count). The number of hydrogen-bond acceptors (Lipinski definition) is 4. The lowest BCUT2D eigenvalue weighted by Crippen LogP contribution is -2.47. The first-order valence-corrected chi connectivity index (χ1v) is 9.89. The molecule has 4 nitrogen and oxygen atoms in total. The summed E-state index contributed by atoms with van der Waals surface area (Å²) in [6, 6.07) is 18.6. The van der Waals surface area contributed by atoms with Gasteiger partial charge in [-0.05, 0) is 55.8 Å². The molecule has 0 radical (unpaired) electrons. The zero-order chi connectivity index (χ0) is 19.2. The lowest BCUT2D eigenvalue weighted by atomic mass is 10.0. The molecule has 142 valence electrons. The van der Waals surface area contributed by atoms with Gasteiger partial charge in [-0.15, -0.1) is 0 Å². The maximum Gasteiger partial charge on any atom is 0.170 e. The number of nitrogens with one attached hydrogen (secondary N) is 1. The quantitative estimate of drug-likeness (QED) is 0.861. The first-order chi connectivity index (χ1) is 13.8. The highest BCUT2D eigenvalue weighted by Crippen LogP contribution is 2.26. The summed E-state index contributed by atoms with van der Waals surface area (Å²) in [5.41, 5.74) is 2.88. The molecule has 1 saturated heterocycles. The van der Waals surface area contributed by atoms with E-state index in [0.717, 1.165) is 43.8 Å². The van der Waals surface area contributed by atoms with Gasteiger partial charge in [0.2, 0.25) is 0 Å². The van der Waals surface area contributed by atoms with Crippen molar-refractivity contribution in [2.75, 3.05) is 19.6 Å². The summed E-state index contributed by atoms with van der Waals surface area (Å²) in [5, 5.41) is 12.6. The molecule has 0 spiro atoms. The molecule has 2 aromatic carbocycles. The molecule has 2 aliphatic heterocycles. The van der Waals surface area contributed by atoms with Crippen molar-refractivity contribution in [3.05, 3.63) is 77.4 Å². The highest BCUT2D eigenvalue weighted by molar-refractivity contribution is 5.62. The third-order valence-corrected chi connectivity index (χ3v) is 5.30. The van der Waals surface area contributed by atoms with Gasteiger partial charge in [0.25, 0.3) is 0 Å². The molecule has 2 heterocycles. The van der Waals surface area contributed by atoms with Gasteiger partial charge >= 0.3 is 0 Å². The lowest BCUT2D eigenvalue weighted by molar-refractivity contribution is 0.149. The Kier molecular flexibility index (Phi) is 5.86. The number of benzene rings is 2. The van der Waals surface area contributed by atoms with E-state index in [1.807, 2.05) is 30.4 Å². The molecule has 1 N–H and O–H groups in total. The Balaban J connectivity index is 1.23. The van der Waals surface area contributed by atoms with Gasteiger partial charge in [-0.1, -0.05) is 48.6 Å². The molecule has 2 aliphatic rings. The van der Waals surface area contributed by atoms with Crippen LogP contribution in [-0.4, -0.2) is 36.8 Å². The monoisotopic (exact) mass is 371 g/mol. The Hall–Kier alpha value is -2.87. The molecule has 28 heavy (non-hydrogen) atoms. The summed E-state index contributed by atoms with van der Waals surface area (Å²) < 4.78 is 6.04. The Labute approximate surface area is 166 Å². The van der Waals surface area contributed by atoms with E-state index in [1.165, 1.54) is 5.56 Å². The predicted octanol–water partition coefficient (Wildman–Crippen LogP) is 4.06. The van der Waals surface area contributed by atoms with Gasteiger partial charge in [0.05, 0.1) is 11.6 Å². The van der Waals surface area contributed by atoms with Crippen LogP contribution in [0.5, 0.6) is 5.75 Å². The molecule has 1 atom stereocenters. The van der Waals surface area contributed by atoms with Crippen molar-refractivity contribution in [2.24, 2.45) is 0 Å². The van der Waals surface area contributed by atoms with Crippen molar-refractivity contribution in [1.82, 2.24) is 10.2 Å². The maximum atomic E-state index is 9.01. The largest absolute Gasteiger partial charge is 0.471 e. The van der Waals surface area contributed by atoms with Crippen LogP contribution in [-0.2, 0) is 0 Å². The number of nitriles is 1. The van der Waals surface area contributed by atoms with E-state index < -0.39 is 0 Å². The Morgan fingerprint density at radius 1 is 1.14 bits per heavy atom. The van der Waals surface area contributed by atoms with E-state index in [9.17, 15) is 0 Å². The van der Waals surface area contributed by atoms with Crippen molar-refractivity contribution in [1.29, 1.82) is 5.26 Å². The van der Waals surface area contributed by atoms with Gasteiger partial charge in [0.15, 0.2) is 6.23 Å². The minimum Gasteiger partial charge on any atom is -0.471 e. The van der Waals surface area contributed by atoms with Crippen LogP contribution in [0.3, 0.4) is 0 Å². The van der Waals surface area contributed by atoms with Crippen molar-refractivity contribution < 1.29 is 4.74 Å². The minimum atomic E-state index is -0.102. The fourth-order valence-electron chi connectivity index (χ4n) is 3.73. The zero-order valence-corrected chi connectivity index (χ0v) is 15.9. The molecule has 1 fully saturated rings. The molecule has 0 amide bonds. The topological polar surface area (TPSA) is 48.3 Å². The Morgan fingerprint density at radius 3 is 2.75 bits per heavy atom. The number of ether oxygens (including phenoxy) is 1. The summed E-state index contributed by atoms with van der Waals surface area (Å²) in [6.07, 6.45) is 10.7. The zero-order valence-electron chi connectivity index (χ0n) is 15.9. The Morgan fingerprint density at radius 2 is 1.96 bits per heavy atom. The van der Waals surface area contributed by atoms with Crippen LogP contribution in [0.15, 0.2) is 60.7 Å². The minimum absolute atomic E-state index is 0.102. The lowest BCUT2D eigenvalue weighted by Gasteiger charge is -2.34. The summed E-state index contributed by atoms with van der Waals surface area (Å²) in [4.78, 5) is 2.49. The van der Waals surface area contributed by atoms with Gasteiger partial charge < -0.3 is 4.74 Å². The van der Waals surface area contributed by atoms with Crippen molar-refractivity contribution in [2.45, 2.75) is 25.1 Å². The van der Waals surface area contributed by atoms with Crippen LogP contribution >= 0.6 is 0 Å². The second kappa shape index (κ2) is 8.88. The summed E-state index contributed by atoms with van der Waals surface area (Å²) in [7, 11) is 0. The van der Waals surface area contributed by atoms with Crippen LogP contribution in [0.1, 0.15) is 29.5 Å². The van der Waals surface area contributed by atoms with E-state index in [2.05, 4.69) is 52.7 Å². The van der Waals surface area contributed by atoms with Crippen LogP contribution in [0.25, 0.3) is 12.2 Å². The van der Waals surface area contributed by atoms with Crippen molar-refractivity contribution >= 4 is 12.2 Å². The molecular weight excluding hydrogens is 346 g/mol. The smallest absolute Gasteiger partial charge is 0.170 e. The highest BCUT2D eigenvalue weighted by atomic mass is 16.5. The van der Waals surface area contributed by atoms with Crippen LogP contribution in [0, 0.1) is 11.3 Å². The molecule has 1 unspecified atom stereocenters. The molecule has 2 aromatic rings. The number of likely N-dealkylation sites (tertiary alicyclic amines) is 1. The standard InChI is InChI=1S/C24H25N3O/c25-18-20-8-10-23-21(17-20)9-11-24(28-23)26-22-12-15-27(16-13-22)14-4-7-19-5-2-1-3-6-19/h1-11,17,22,24,26H,12-16H2/b7-4+. The van der Waals surface area contributed by atoms with Crippen LogP contribution in [0.2, 0.25) is 0 Å². The fourth-order valence-corrected chi connectivity index (χ4v) is 3.73. The van der Waals surface area contributed by atoms with Crippen molar-refractivity contribution in [3.8, 4) is 11.8 Å². The Bertz CT molecular complexity index is 890. The summed E-state index contributed by atoms with van der Waals surface area (Å²) in [6.45, 7) is 3.18. The summed E-state index contributed by atoms with van der Waals surface area (Å²) >= 11 is 0. The molecular formula is C24H25N3O. The fraction of sp³-hybridized carbons (Fsp3) is 0.292. The number of nitrogens with zero attached hydrogens (tertiary/aromatic N) is 2. The average Bonchev–Trinajstić information content (AvgIpc) is 2.75. The van der Waals surface area contributed by atoms with Crippen LogP contribution in [0.4, 0.5) is 0 Å². The van der Waals surface area contributed by atoms with E-state index in [0.29, 0.717) is 11.6 Å². The van der Waals surface area contributed by atoms with Gasteiger partial charge in [-0.3, -0.25) is 10.2 Å². The number of fused-ring (bicyclic) bond motifs is 1. The second-order valence-corrected chi connectivity index (χ2v) is 7.32. The van der Waals surface area contributed by atoms with E-state index >= 15 is 0 Å². The average molecular weight is 371 g/mol. The third-order valence-electron chi connectivity index (χ3n) is 5.30. The van der Waals surface area contributed by atoms with Gasteiger partial charge in [0.1, 0.15) is 5.75 Å². The summed E-state index contributed by atoms with van der Waals surface area (Å²) in [5.74, 6) is 0.836. The van der Waals surface area contributed by atoms with Gasteiger partial charge in [-0.2, -0.15) is 5.26 Å². The van der Waals surface area contributed by atoms with E-state index in [4.69, 9.17) is 10.00 Å². The number of hydrogen-bond donors (Lipinski definition) is 1. The van der Waals surface area contributed by atoms with Gasteiger partial charge in [-0.25, -0.2) is 0 Å². The molecule has 0 saturated carbocycles. The number of rotatable bonds is 5.